The molecule has 1 N–H and O–H groups in total. The number of hydrogen-bond donors (Lipinski definition) is 1. The first kappa shape index (κ1) is 16.2. The maximum atomic E-state index is 5.76. The molecule has 1 atom stereocenters. The van der Waals surface area contributed by atoms with E-state index in [-0.39, 0.29) is 6.04 Å². The largest absolute Gasteiger partial charge is 0.385 e. The van der Waals surface area contributed by atoms with E-state index < -0.39 is 0 Å². The van der Waals surface area contributed by atoms with Gasteiger partial charge in [-0.25, -0.2) is 0 Å². The first-order chi connectivity index (χ1) is 9.19. The minimum absolute atomic E-state index is 0.271. The third-order valence-electron chi connectivity index (χ3n) is 3.18. The molecule has 0 radical (unpaired) electrons. The number of nitrogens with one attached hydrogen (secondary N) is 1. The van der Waals surface area contributed by atoms with E-state index in [4.69, 9.17) is 9.47 Å². The molecule has 1 unspecified atom stereocenters. The highest BCUT2D eigenvalue weighted by Gasteiger charge is 2.13. The first-order valence-electron chi connectivity index (χ1n) is 7.06. The molecular weight excluding hydrogens is 238 g/mol. The number of likely N-dealkylation sites (N-methyl/N-ethyl adjacent to an activating group) is 1. The average Bonchev–Trinajstić information content (AvgIpc) is 2.40. The molecule has 1 rings (SSSR count). The second-order valence-electron chi connectivity index (χ2n) is 4.89. The van der Waals surface area contributed by atoms with Crippen LogP contribution in [0.2, 0.25) is 0 Å². The van der Waals surface area contributed by atoms with Gasteiger partial charge in [-0.15, -0.1) is 0 Å². The Hall–Kier alpha value is -0.900. The van der Waals surface area contributed by atoms with Gasteiger partial charge in [-0.05, 0) is 37.9 Å². The predicted octanol–water partition coefficient (Wildman–Crippen LogP) is 3.01. The van der Waals surface area contributed by atoms with Crippen LogP contribution in [0.15, 0.2) is 18.2 Å². The summed E-state index contributed by atoms with van der Waals surface area (Å²) >= 11 is 0. The lowest BCUT2D eigenvalue weighted by Crippen LogP contribution is -2.26. The van der Waals surface area contributed by atoms with Gasteiger partial charge in [0.2, 0.25) is 0 Å². The van der Waals surface area contributed by atoms with Crippen LogP contribution in [0.1, 0.15) is 36.1 Å². The van der Waals surface area contributed by atoms with Gasteiger partial charge in [0.25, 0.3) is 0 Å². The lowest BCUT2D eigenvalue weighted by atomic mass is 9.99. The number of benzene rings is 1. The smallest absolute Gasteiger partial charge is 0.0661 e. The van der Waals surface area contributed by atoms with E-state index in [1.807, 2.05) is 0 Å². The Morgan fingerprint density at radius 1 is 1.21 bits per heavy atom. The molecule has 1 aromatic rings. The molecule has 3 nitrogen and oxygen atoms in total. The fourth-order valence-electron chi connectivity index (χ4n) is 2.15. The molecule has 0 bridgehead atoms. The maximum Gasteiger partial charge on any atom is 0.0661 e. The summed E-state index contributed by atoms with van der Waals surface area (Å²) in [5.74, 6) is 0. The Bertz CT molecular complexity index is 366. The highest BCUT2D eigenvalue weighted by molar-refractivity contribution is 5.33. The van der Waals surface area contributed by atoms with Crippen molar-refractivity contribution in [3.8, 4) is 0 Å². The van der Waals surface area contributed by atoms with Crippen LogP contribution < -0.4 is 5.32 Å². The molecule has 0 aromatic heterocycles. The Balaban J connectivity index is 2.58. The van der Waals surface area contributed by atoms with Gasteiger partial charge in [-0.1, -0.05) is 30.7 Å². The van der Waals surface area contributed by atoms with E-state index >= 15 is 0 Å². The number of rotatable bonds is 9. The minimum atomic E-state index is 0.271. The van der Waals surface area contributed by atoms with Crippen LogP contribution in [0.4, 0.5) is 0 Å². The molecule has 1 aromatic carbocycles. The molecule has 0 amide bonds. The zero-order valence-electron chi connectivity index (χ0n) is 12.7. The van der Waals surface area contributed by atoms with Crippen molar-refractivity contribution in [1.29, 1.82) is 0 Å². The van der Waals surface area contributed by atoms with Crippen molar-refractivity contribution in [3.05, 3.63) is 34.9 Å². The van der Waals surface area contributed by atoms with Crippen molar-refractivity contribution < 1.29 is 9.47 Å². The number of aryl methyl sites for hydroxylation is 2. The Morgan fingerprint density at radius 3 is 2.68 bits per heavy atom. The van der Waals surface area contributed by atoms with E-state index in [0.29, 0.717) is 6.61 Å². The molecule has 0 fully saturated rings. The number of ether oxygens (including phenoxy) is 2. The van der Waals surface area contributed by atoms with Crippen molar-refractivity contribution in [3.63, 3.8) is 0 Å². The predicted molar refractivity (Wildman–Crippen MR) is 79.6 cm³/mol. The summed E-state index contributed by atoms with van der Waals surface area (Å²) in [7, 11) is 1.72. The monoisotopic (exact) mass is 265 g/mol. The van der Waals surface area contributed by atoms with Crippen molar-refractivity contribution in [1.82, 2.24) is 5.32 Å². The Labute approximate surface area is 117 Å². The van der Waals surface area contributed by atoms with Crippen molar-refractivity contribution >= 4 is 0 Å². The summed E-state index contributed by atoms with van der Waals surface area (Å²) in [4.78, 5) is 0. The van der Waals surface area contributed by atoms with Crippen LogP contribution in [-0.4, -0.2) is 33.5 Å². The molecule has 0 saturated carbocycles. The molecule has 0 heterocycles. The molecular formula is C16H27NO2. The summed E-state index contributed by atoms with van der Waals surface area (Å²) in [6.07, 6.45) is 0.947. The minimum Gasteiger partial charge on any atom is -0.385 e. The highest BCUT2D eigenvalue weighted by atomic mass is 16.5. The first-order valence-corrected chi connectivity index (χ1v) is 7.06. The van der Waals surface area contributed by atoms with Crippen molar-refractivity contribution in [2.45, 2.75) is 33.2 Å². The number of methoxy groups -OCH3 is 1. The zero-order valence-corrected chi connectivity index (χ0v) is 12.7. The van der Waals surface area contributed by atoms with E-state index in [1.165, 1.54) is 16.7 Å². The van der Waals surface area contributed by atoms with Gasteiger partial charge in [-0.3, -0.25) is 0 Å². The van der Waals surface area contributed by atoms with Gasteiger partial charge < -0.3 is 14.8 Å². The summed E-state index contributed by atoms with van der Waals surface area (Å²) < 4.78 is 10.8. The van der Waals surface area contributed by atoms with Crippen LogP contribution in [-0.2, 0) is 9.47 Å². The second kappa shape index (κ2) is 9.08. The van der Waals surface area contributed by atoms with Gasteiger partial charge in [0, 0.05) is 20.3 Å². The third kappa shape index (κ3) is 5.72. The maximum absolute atomic E-state index is 5.76. The standard InChI is InChI=1S/C16H27NO2/c1-5-17-16(12-19-10-6-9-18-4)15-11-13(2)7-8-14(15)3/h7-8,11,16-17H,5-6,9-10,12H2,1-4H3. The SMILES string of the molecule is CCNC(COCCCOC)c1cc(C)ccc1C. The van der Waals surface area contributed by atoms with Crippen LogP contribution in [0.25, 0.3) is 0 Å². The van der Waals surface area contributed by atoms with Gasteiger partial charge in [-0.2, -0.15) is 0 Å². The quantitative estimate of drug-likeness (QED) is 0.696. The van der Waals surface area contributed by atoms with Crippen LogP contribution in [0.5, 0.6) is 0 Å². The van der Waals surface area contributed by atoms with Crippen LogP contribution >= 0.6 is 0 Å². The normalized spacial score (nSPS) is 12.6. The van der Waals surface area contributed by atoms with Gasteiger partial charge in [0.05, 0.1) is 12.6 Å². The van der Waals surface area contributed by atoms with Crippen molar-refractivity contribution in [2.24, 2.45) is 0 Å². The van der Waals surface area contributed by atoms with Crippen LogP contribution in [0, 0.1) is 13.8 Å². The lowest BCUT2D eigenvalue weighted by molar-refractivity contribution is 0.0876. The van der Waals surface area contributed by atoms with Gasteiger partial charge in [0.15, 0.2) is 0 Å². The molecule has 0 aliphatic rings. The second-order valence-corrected chi connectivity index (χ2v) is 4.89. The molecule has 108 valence electrons. The molecule has 0 aliphatic carbocycles. The molecule has 0 spiro atoms. The number of hydrogen-bond acceptors (Lipinski definition) is 3. The summed E-state index contributed by atoms with van der Waals surface area (Å²) in [5, 5.41) is 3.50. The molecule has 0 aliphatic heterocycles. The fourth-order valence-corrected chi connectivity index (χ4v) is 2.15. The topological polar surface area (TPSA) is 30.5 Å². The summed E-state index contributed by atoms with van der Waals surface area (Å²) in [6, 6.07) is 6.86. The van der Waals surface area contributed by atoms with Crippen LogP contribution in [0.3, 0.4) is 0 Å². The Kier molecular flexibility index (Phi) is 7.72. The molecule has 0 saturated heterocycles. The third-order valence-corrected chi connectivity index (χ3v) is 3.18. The Morgan fingerprint density at radius 2 is 2.00 bits per heavy atom. The zero-order chi connectivity index (χ0) is 14.1. The lowest BCUT2D eigenvalue weighted by Gasteiger charge is -2.21. The summed E-state index contributed by atoms with van der Waals surface area (Å²) in [5.41, 5.74) is 3.95. The summed E-state index contributed by atoms with van der Waals surface area (Å²) in [6.45, 7) is 9.58. The average molecular weight is 265 g/mol. The van der Waals surface area contributed by atoms with Crippen molar-refractivity contribution in [2.75, 3.05) is 33.5 Å². The fraction of sp³-hybridized carbons (Fsp3) is 0.625. The van der Waals surface area contributed by atoms with Gasteiger partial charge in [0.1, 0.15) is 0 Å². The molecule has 19 heavy (non-hydrogen) atoms. The van der Waals surface area contributed by atoms with E-state index in [2.05, 4.69) is 44.3 Å². The van der Waals surface area contributed by atoms with E-state index in [1.54, 1.807) is 7.11 Å². The molecule has 3 heteroatoms. The van der Waals surface area contributed by atoms with Gasteiger partial charge >= 0.3 is 0 Å². The van der Waals surface area contributed by atoms with E-state index in [0.717, 1.165) is 26.2 Å². The highest BCUT2D eigenvalue weighted by Crippen LogP contribution is 2.19. The van der Waals surface area contributed by atoms with E-state index in [9.17, 15) is 0 Å².